The molecule has 0 aliphatic carbocycles. The molecule has 1 heterocycles. The Morgan fingerprint density at radius 2 is 1.58 bits per heavy atom. The summed E-state index contributed by atoms with van der Waals surface area (Å²) in [6.45, 7) is 0. The molecule has 0 amide bonds. The molecule has 24 heavy (non-hydrogen) atoms. The number of sulfone groups is 1. The molecule has 0 N–H and O–H groups in total. The van der Waals surface area contributed by atoms with E-state index >= 15 is 0 Å². The van der Waals surface area contributed by atoms with Crippen LogP contribution in [0, 0.1) is 0 Å². The van der Waals surface area contributed by atoms with Crippen LogP contribution in [0.4, 0.5) is 8.78 Å². The summed E-state index contributed by atoms with van der Waals surface area (Å²) in [5.41, 5.74) is 1.35. The first kappa shape index (κ1) is 16.3. The Bertz CT molecular complexity index is 949. The second-order valence-electron chi connectivity index (χ2n) is 5.19. The second-order valence-corrected chi connectivity index (χ2v) is 7.21. The minimum atomic E-state index is -3.34. The maximum atomic E-state index is 13.0. The lowest BCUT2D eigenvalue weighted by molar-refractivity contribution is 0.116. The lowest BCUT2D eigenvalue weighted by Crippen LogP contribution is -1.96. The number of hydrogen-bond donors (Lipinski definition) is 0. The van der Waals surface area contributed by atoms with Crippen LogP contribution in [0.5, 0.6) is 0 Å². The van der Waals surface area contributed by atoms with Crippen molar-refractivity contribution in [3.8, 4) is 22.6 Å². The predicted octanol–water partition coefficient (Wildman–Crippen LogP) is 4.35. The van der Waals surface area contributed by atoms with Gasteiger partial charge in [0.15, 0.2) is 15.6 Å². The third-order valence-corrected chi connectivity index (χ3v) is 4.55. The minimum absolute atomic E-state index is 0.144. The van der Waals surface area contributed by atoms with Gasteiger partial charge in [0.1, 0.15) is 5.69 Å². The summed E-state index contributed by atoms with van der Waals surface area (Å²) in [5.74, 6) is -0.450. The van der Waals surface area contributed by atoms with Crippen molar-refractivity contribution < 1.29 is 21.6 Å². The first-order chi connectivity index (χ1) is 11.4. The van der Waals surface area contributed by atoms with E-state index in [0.29, 0.717) is 11.1 Å². The second kappa shape index (κ2) is 6.16. The Labute approximate surface area is 137 Å². The van der Waals surface area contributed by atoms with E-state index in [1.807, 2.05) is 0 Å². The van der Waals surface area contributed by atoms with Crippen LogP contribution >= 0.6 is 0 Å². The summed E-state index contributed by atoms with van der Waals surface area (Å²) >= 11 is 0. The summed E-state index contributed by atoms with van der Waals surface area (Å²) < 4.78 is 54.2. The molecular weight excluding hydrogens is 336 g/mol. The zero-order valence-corrected chi connectivity index (χ0v) is 13.4. The number of halogens is 2. The van der Waals surface area contributed by atoms with Crippen molar-refractivity contribution in [2.75, 3.05) is 6.26 Å². The number of hydrogen-bond acceptors (Lipinski definition) is 4. The van der Waals surface area contributed by atoms with Gasteiger partial charge in [0.2, 0.25) is 0 Å². The van der Waals surface area contributed by atoms with Crippen molar-refractivity contribution in [2.24, 2.45) is 0 Å². The van der Waals surface area contributed by atoms with Gasteiger partial charge in [-0.05, 0) is 12.1 Å². The van der Waals surface area contributed by atoms with E-state index in [-0.39, 0.29) is 16.3 Å². The molecule has 3 rings (SSSR count). The van der Waals surface area contributed by atoms with Crippen LogP contribution in [0.1, 0.15) is 12.3 Å². The number of rotatable bonds is 4. The van der Waals surface area contributed by atoms with Gasteiger partial charge >= 0.3 is 6.43 Å². The van der Waals surface area contributed by atoms with E-state index in [9.17, 15) is 17.2 Å². The largest absolute Gasteiger partial charge is 0.435 e. The number of aromatic nitrogens is 1. The van der Waals surface area contributed by atoms with Gasteiger partial charge in [-0.1, -0.05) is 42.5 Å². The van der Waals surface area contributed by atoms with Crippen molar-refractivity contribution in [1.82, 2.24) is 4.98 Å². The van der Waals surface area contributed by atoms with E-state index in [1.54, 1.807) is 30.3 Å². The average molecular weight is 349 g/mol. The van der Waals surface area contributed by atoms with E-state index < -0.39 is 22.2 Å². The molecule has 7 heteroatoms. The van der Waals surface area contributed by atoms with Gasteiger partial charge in [-0.15, -0.1) is 0 Å². The number of benzene rings is 2. The van der Waals surface area contributed by atoms with E-state index in [4.69, 9.17) is 4.42 Å². The van der Waals surface area contributed by atoms with Gasteiger partial charge in [-0.2, -0.15) is 8.78 Å². The third-order valence-electron chi connectivity index (χ3n) is 3.42. The van der Waals surface area contributed by atoms with E-state index in [1.165, 1.54) is 24.3 Å². The zero-order valence-electron chi connectivity index (χ0n) is 12.6. The normalized spacial score (nSPS) is 11.8. The van der Waals surface area contributed by atoms with Crippen LogP contribution < -0.4 is 0 Å². The monoisotopic (exact) mass is 349 g/mol. The Kier molecular flexibility index (Phi) is 4.19. The zero-order chi connectivity index (χ0) is 17.3. The molecule has 0 aliphatic heterocycles. The fraction of sp³-hybridized carbons (Fsp3) is 0.118. The van der Waals surface area contributed by atoms with Crippen LogP contribution in [0.3, 0.4) is 0 Å². The maximum Gasteiger partial charge on any atom is 0.313 e. The SMILES string of the molecule is CS(=O)(=O)c1ccc(-c2nc(C(F)F)oc2-c2ccccc2)cc1. The van der Waals surface area contributed by atoms with E-state index in [0.717, 1.165) is 6.26 Å². The minimum Gasteiger partial charge on any atom is -0.435 e. The first-order valence-corrected chi connectivity index (χ1v) is 8.90. The Hall–Kier alpha value is -2.54. The topological polar surface area (TPSA) is 60.2 Å². The summed E-state index contributed by atoms with van der Waals surface area (Å²) in [6, 6.07) is 14.6. The van der Waals surface area contributed by atoms with Crippen molar-refractivity contribution >= 4 is 9.84 Å². The molecule has 124 valence electrons. The van der Waals surface area contributed by atoms with Crippen molar-refractivity contribution in [1.29, 1.82) is 0 Å². The van der Waals surface area contributed by atoms with Crippen molar-refractivity contribution in [3.63, 3.8) is 0 Å². The van der Waals surface area contributed by atoms with Gasteiger partial charge in [0.05, 0.1) is 4.90 Å². The molecule has 4 nitrogen and oxygen atoms in total. The standard InChI is InChI=1S/C17H13F2NO3S/c1-24(21,22)13-9-7-11(8-10-13)14-15(12-5-3-2-4-6-12)23-17(20-14)16(18)19/h2-10,16H,1H3. The van der Waals surface area contributed by atoms with Crippen LogP contribution in [0.25, 0.3) is 22.6 Å². The highest BCUT2D eigenvalue weighted by Crippen LogP contribution is 2.35. The lowest BCUT2D eigenvalue weighted by Gasteiger charge is -2.03. The fourth-order valence-electron chi connectivity index (χ4n) is 2.27. The molecular formula is C17H13F2NO3S. The molecule has 2 aromatic carbocycles. The third kappa shape index (κ3) is 3.21. The van der Waals surface area contributed by atoms with Crippen LogP contribution in [-0.2, 0) is 9.84 Å². The molecule has 0 aliphatic rings. The highest BCUT2D eigenvalue weighted by molar-refractivity contribution is 7.90. The van der Waals surface area contributed by atoms with Crippen LogP contribution in [-0.4, -0.2) is 19.7 Å². The molecule has 0 atom stereocenters. The maximum absolute atomic E-state index is 13.0. The predicted molar refractivity (Wildman–Crippen MR) is 85.4 cm³/mol. The van der Waals surface area contributed by atoms with Crippen LogP contribution in [0.2, 0.25) is 0 Å². The molecule has 0 radical (unpaired) electrons. The fourth-order valence-corrected chi connectivity index (χ4v) is 2.90. The summed E-state index contributed by atoms with van der Waals surface area (Å²) in [5, 5.41) is 0. The number of nitrogens with zero attached hydrogens (tertiary/aromatic N) is 1. The van der Waals surface area contributed by atoms with Gasteiger partial charge < -0.3 is 4.42 Å². The smallest absolute Gasteiger partial charge is 0.313 e. The molecule has 1 aromatic heterocycles. The van der Waals surface area contributed by atoms with Gasteiger partial charge in [0, 0.05) is 17.4 Å². The van der Waals surface area contributed by atoms with Crippen molar-refractivity contribution in [2.45, 2.75) is 11.3 Å². The van der Waals surface area contributed by atoms with Crippen LogP contribution in [0.15, 0.2) is 63.9 Å². The Morgan fingerprint density at radius 3 is 2.12 bits per heavy atom. The molecule has 0 spiro atoms. The average Bonchev–Trinajstić information content (AvgIpc) is 3.00. The molecule has 3 aromatic rings. The quantitative estimate of drug-likeness (QED) is 0.702. The Morgan fingerprint density at radius 1 is 0.958 bits per heavy atom. The highest BCUT2D eigenvalue weighted by Gasteiger charge is 2.22. The number of alkyl halides is 2. The summed E-state index contributed by atoms with van der Waals surface area (Å²) in [6.07, 6.45) is -1.74. The Balaban J connectivity index is 2.13. The highest BCUT2D eigenvalue weighted by atomic mass is 32.2. The van der Waals surface area contributed by atoms with Gasteiger partial charge in [0.25, 0.3) is 5.89 Å². The molecule has 0 fully saturated rings. The van der Waals surface area contributed by atoms with Crippen molar-refractivity contribution in [3.05, 3.63) is 60.5 Å². The molecule has 0 saturated heterocycles. The number of oxazole rings is 1. The molecule has 0 saturated carbocycles. The summed E-state index contributed by atoms with van der Waals surface area (Å²) in [4.78, 5) is 4.03. The molecule has 0 bridgehead atoms. The lowest BCUT2D eigenvalue weighted by atomic mass is 10.1. The van der Waals surface area contributed by atoms with E-state index in [2.05, 4.69) is 4.98 Å². The van der Waals surface area contributed by atoms with Gasteiger partial charge in [-0.25, -0.2) is 13.4 Å². The molecule has 0 unspecified atom stereocenters. The first-order valence-electron chi connectivity index (χ1n) is 7.01. The van der Waals surface area contributed by atoms with Gasteiger partial charge in [-0.3, -0.25) is 0 Å². The summed E-state index contributed by atoms with van der Waals surface area (Å²) in [7, 11) is -3.34.